The molecule has 0 radical (unpaired) electrons. The van der Waals surface area contributed by atoms with Crippen molar-refractivity contribution in [2.45, 2.75) is 44.8 Å². The highest BCUT2D eigenvalue weighted by Gasteiger charge is 2.31. The Labute approximate surface area is 269 Å². The number of hydrogen-bond acceptors (Lipinski definition) is 6. The molecule has 8 nitrogen and oxygen atoms in total. The van der Waals surface area contributed by atoms with Crippen molar-refractivity contribution in [1.29, 1.82) is 0 Å². The predicted molar refractivity (Wildman–Crippen MR) is 170 cm³/mol. The lowest BCUT2D eigenvalue weighted by atomic mass is 9.86. The van der Waals surface area contributed by atoms with Crippen LogP contribution in [0.15, 0.2) is 95.5 Å². The highest BCUT2D eigenvalue weighted by Crippen LogP contribution is 2.37. The van der Waals surface area contributed by atoms with Crippen molar-refractivity contribution in [3.8, 4) is 39.7 Å². The second-order valence-corrected chi connectivity index (χ2v) is 12.0. The van der Waals surface area contributed by atoms with E-state index in [1.54, 1.807) is 60.7 Å². The van der Waals surface area contributed by atoms with Gasteiger partial charge in [-0.05, 0) is 58.5 Å². The minimum absolute atomic E-state index is 0.0645. The molecule has 5 aromatic rings. The van der Waals surface area contributed by atoms with Gasteiger partial charge in [0.05, 0.1) is 12.7 Å². The van der Waals surface area contributed by atoms with Crippen LogP contribution >= 0.6 is 0 Å². The van der Waals surface area contributed by atoms with E-state index in [2.05, 4.69) is 36.2 Å². The van der Waals surface area contributed by atoms with Crippen LogP contribution in [0, 0.1) is 0 Å². The number of benzene rings is 4. The molecule has 0 spiro atoms. The number of halogens is 3. The molecule has 5 rings (SSSR count). The SMILES string of the molecule is COc1cc(C(F)(F)F)ccc1-c1ccc(-c2nc(-c3ccc(CC(NC(=O)c4ccc(C(C)(C)C)cc4)C(=O)O)cc3)no2)cc1. The van der Waals surface area contributed by atoms with Crippen LogP contribution in [0.25, 0.3) is 34.0 Å². The zero-order valence-electron chi connectivity index (χ0n) is 26.1. The predicted octanol–water partition coefficient (Wildman–Crippen LogP) is 7.82. The number of rotatable bonds is 9. The first kappa shape index (κ1) is 32.9. The van der Waals surface area contributed by atoms with Crippen molar-refractivity contribution in [2.75, 3.05) is 7.11 Å². The third-order valence-corrected chi connectivity index (χ3v) is 7.67. The van der Waals surface area contributed by atoms with E-state index in [-0.39, 0.29) is 23.5 Å². The van der Waals surface area contributed by atoms with Gasteiger partial charge in [-0.1, -0.05) is 80.5 Å². The average molecular weight is 644 g/mol. The number of aliphatic carboxylic acids is 1. The molecule has 242 valence electrons. The van der Waals surface area contributed by atoms with Crippen LogP contribution in [0.2, 0.25) is 0 Å². The maximum atomic E-state index is 13.1. The van der Waals surface area contributed by atoms with Crippen molar-refractivity contribution >= 4 is 11.9 Å². The summed E-state index contributed by atoms with van der Waals surface area (Å²) in [5.74, 6) is -0.986. The number of aromatic nitrogens is 2. The van der Waals surface area contributed by atoms with Gasteiger partial charge in [-0.25, -0.2) is 4.79 Å². The lowest BCUT2D eigenvalue weighted by Gasteiger charge is -2.19. The molecule has 1 heterocycles. The van der Waals surface area contributed by atoms with Crippen molar-refractivity contribution < 1.29 is 37.1 Å². The van der Waals surface area contributed by atoms with E-state index >= 15 is 0 Å². The standard InChI is InChI=1S/C36H32F3N3O5/c1-35(2,3)26-15-13-24(14-16-26)32(43)40-29(34(44)45)19-21-5-7-23(8-6-21)31-41-33(47-42-31)25-11-9-22(10-12-25)28-18-17-27(36(37,38)39)20-30(28)46-4/h5-18,20,29H,19H2,1-4H3,(H,40,43)(H,44,45). The Bertz CT molecular complexity index is 1880. The number of carboxylic acids is 1. The van der Waals surface area contributed by atoms with Crippen molar-refractivity contribution in [2.24, 2.45) is 0 Å². The highest BCUT2D eigenvalue weighted by atomic mass is 19.4. The number of carbonyl (C=O) groups is 2. The Morgan fingerprint density at radius 2 is 1.45 bits per heavy atom. The summed E-state index contributed by atoms with van der Waals surface area (Å²) in [4.78, 5) is 29.2. The molecule has 0 bridgehead atoms. The molecule has 0 aliphatic rings. The molecule has 0 aliphatic carbocycles. The highest BCUT2D eigenvalue weighted by molar-refractivity contribution is 5.96. The van der Waals surface area contributed by atoms with E-state index in [1.165, 1.54) is 13.2 Å². The minimum Gasteiger partial charge on any atom is -0.496 e. The van der Waals surface area contributed by atoms with Crippen molar-refractivity contribution in [3.05, 3.63) is 113 Å². The molecule has 47 heavy (non-hydrogen) atoms. The van der Waals surface area contributed by atoms with Gasteiger partial charge in [0, 0.05) is 28.7 Å². The van der Waals surface area contributed by atoms with E-state index in [1.807, 2.05) is 12.1 Å². The topological polar surface area (TPSA) is 115 Å². The average Bonchev–Trinajstić information content (AvgIpc) is 3.54. The molecule has 0 aliphatic heterocycles. The van der Waals surface area contributed by atoms with Gasteiger partial charge in [-0.2, -0.15) is 18.2 Å². The van der Waals surface area contributed by atoms with Crippen LogP contribution in [-0.2, 0) is 22.8 Å². The Morgan fingerprint density at radius 3 is 2.02 bits per heavy atom. The van der Waals surface area contributed by atoms with Gasteiger partial charge in [0.25, 0.3) is 11.8 Å². The first-order valence-electron chi connectivity index (χ1n) is 14.7. The molecular weight excluding hydrogens is 611 g/mol. The van der Waals surface area contributed by atoms with E-state index in [4.69, 9.17) is 9.26 Å². The zero-order valence-corrected chi connectivity index (χ0v) is 26.1. The fraction of sp³-hybridized carbons (Fsp3) is 0.222. The third-order valence-electron chi connectivity index (χ3n) is 7.67. The van der Waals surface area contributed by atoms with E-state index in [0.717, 1.165) is 17.7 Å². The second kappa shape index (κ2) is 13.1. The number of methoxy groups -OCH3 is 1. The maximum absolute atomic E-state index is 13.1. The lowest BCUT2D eigenvalue weighted by Crippen LogP contribution is -2.42. The summed E-state index contributed by atoms with van der Waals surface area (Å²) < 4.78 is 50.0. The number of nitrogens with one attached hydrogen (secondary N) is 1. The summed E-state index contributed by atoms with van der Waals surface area (Å²) in [5, 5.41) is 16.4. The number of ether oxygens (including phenoxy) is 1. The van der Waals surface area contributed by atoms with E-state index in [9.17, 15) is 27.9 Å². The second-order valence-electron chi connectivity index (χ2n) is 12.0. The summed E-state index contributed by atoms with van der Waals surface area (Å²) in [5.41, 5.74) is 3.62. The summed E-state index contributed by atoms with van der Waals surface area (Å²) in [7, 11) is 1.32. The first-order valence-corrected chi connectivity index (χ1v) is 14.7. The van der Waals surface area contributed by atoms with Gasteiger partial charge in [-0.3, -0.25) is 4.79 Å². The maximum Gasteiger partial charge on any atom is 0.416 e. The molecular formula is C36H32F3N3O5. The molecule has 1 unspecified atom stereocenters. The van der Waals surface area contributed by atoms with E-state index in [0.29, 0.717) is 39.2 Å². The van der Waals surface area contributed by atoms with Crippen LogP contribution < -0.4 is 10.1 Å². The Morgan fingerprint density at radius 1 is 0.851 bits per heavy atom. The Balaban J connectivity index is 1.25. The van der Waals surface area contributed by atoms with Crippen LogP contribution in [0.5, 0.6) is 5.75 Å². The van der Waals surface area contributed by atoms with Gasteiger partial charge in [0.1, 0.15) is 11.8 Å². The van der Waals surface area contributed by atoms with Gasteiger partial charge in [0.15, 0.2) is 0 Å². The van der Waals surface area contributed by atoms with Crippen molar-refractivity contribution in [1.82, 2.24) is 15.5 Å². The summed E-state index contributed by atoms with van der Waals surface area (Å²) in [6.45, 7) is 6.21. The molecule has 4 aromatic carbocycles. The van der Waals surface area contributed by atoms with Gasteiger partial charge >= 0.3 is 12.1 Å². The molecule has 1 atom stereocenters. The number of hydrogen-bond donors (Lipinski definition) is 2. The van der Waals surface area contributed by atoms with Gasteiger partial charge in [-0.15, -0.1) is 0 Å². The smallest absolute Gasteiger partial charge is 0.416 e. The molecule has 1 amide bonds. The van der Waals surface area contributed by atoms with E-state index < -0.39 is 29.7 Å². The van der Waals surface area contributed by atoms with Crippen LogP contribution in [0.1, 0.15) is 47.8 Å². The molecule has 0 fully saturated rings. The molecule has 1 aromatic heterocycles. The molecule has 0 saturated carbocycles. The Kier molecular flexibility index (Phi) is 9.19. The zero-order chi connectivity index (χ0) is 33.9. The summed E-state index contributed by atoms with van der Waals surface area (Å²) >= 11 is 0. The summed E-state index contributed by atoms with van der Waals surface area (Å²) in [6.07, 6.45) is -4.42. The Hall–Kier alpha value is -5.45. The van der Waals surface area contributed by atoms with Gasteiger partial charge in [0.2, 0.25) is 5.82 Å². The normalized spacial score (nSPS) is 12.4. The minimum atomic E-state index is -4.48. The quantitative estimate of drug-likeness (QED) is 0.168. The molecule has 11 heteroatoms. The largest absolute Gasteiger partial charge is 0.496 e. The number of carboxylic acid groups (broad SMARTS) is 1. The number of alkyl halides is 3. The first-order chi connectivity index (χ1) is 22.2. The van der Waals surface area contributed by atoms with Gasteiger partial charge < -0.3 is 19.7 Å². The lowest BCUT2D eigenvalue weighted by molar-refractivity contribution is -0.139. The number of amides is 1. The van der Waals surface area contributed by atoms with Crippen LogP contribution in [-0.4, -0.2) is 40.3 Å². The van der Waals surface area contributed by atoms with Crippen LogP contribution in [0.3, 0.4) is 0 Å². The van der Waals surface area contributed by atoms with Crippen molar-refractivity contribution in [3.63, 3.8) is 0 Å². The monoisotopic (exact) mass is 643 g/mol. The number of nitrogens with zero attached hydrogens (tertiary/aromatic N) is 2. The fourth-order valence-electron chi connectivity index (χ4n) is 4.95. The summed E-state index contributed by atoms with van der Waals surface area (Å²) in [6, 6.07) is 23.1. The van der Waals surface area contributed by atoms with Crippen LogP contribution in [0.4, 0.5) is 13.2 Å². The number of carbonyl (C=O) groups excluding carboxylic acids is 1. The molecule has 2 N–H and O–H groups in total. The fourth-order valence-corrected chi connectivity index (χ4v) is 4.95. The molecule has 0 saturated heterocycles. The third kappa shape index (κ3) is 7.69.